The van der Waals surface area contributed by atoms with Gasteiger partial charge in [0.25, 0.3) is 0 Å². The molecule has 0 unspecified atom stereocenters. The lowest BCUT2D eigenvalue weighted by molar-refractivity contribution is 0.379. The molecule has 0 aliphatic heterocycles. The summed E-state index contributed by atoms with van der Waals surface area (Å²) in [5.41, 5.74) is 3.49. The molecule has 0 fully saturated rings. The number of benzene rings is 2. The zero-order valence-corrected chi connectivity index (χ0v) is 17.2. The maximum Gasteiger partial charge on any atom is 0.321 e. The van der Waals surface area contributed by atoms with Crippen molar-refractivity contribution >= 4 is 11.6 Å². The average molecular weight is 402 g/mol. The van der Waals surface area contributed by atoms with Crippen molar-refractivity contribution in [3.63, 3.8) is 0 Å². The van der Waals surface area contributed by atoms with Gasteiger partial charge in [-0.05, 0) is 50.2 Å². The van der Waals surface area contributed by atoms with E-state index in [0.717, 1.165) is 34.1 Å². The molecule has 4 aromatic rings. The van der Waals surface area contributed by atoms with E-state index in [1.807, 2.05) is 75.5 Å². The molecule has 8 nitrogen and oxygen atoms in total. The van der Waals surface area contributed by atoms with Crippen LogP contribution < -0.4 is 14.8 Å². The Kier molecular flexibility index (Phi) is 5.30. The van der Waals surface area contributed by atoms with Gasteiger partial charge in [-0.2, -0.15) is 20.1 Å². The van der Waals surface area contributed by atoms with Gasteiger partial charge in [-0.3, -0.25) is 4.68 Å². The Balaban J connectivity index is 1.58. The molecule has 8 heteroatoms. The Morgan fingerprint density at radius 2 is 1.57 bits per heavy atom. The van der Waals surface area contributed by atoms with Crippen LogP contribution in [-0.4, -0.2) is 31.8 Å². The van der Waals surface area contributed by atoms with Gasteiger partial charge < -0.3 is 14.8 Å². The van der Waals surface area contributed by atoms with Gasteiger partial charge in [0, 0.05) is 18.4 Å². The minimum absolute atomic E-state index is 0.231. The summed E-state index contributed by atoms with van der Waals surface area (Å²) in [4.78, 5) is 13.3. The maximum absolute atomic E-state index is 5.83. The second-order valence-electron chi connectivity index (χ2n) is 6.70. The zero-order chi connectivity index (χ0) is 21.1. The predicted octanol–water partition coefficient (Wildman–Crippen LogP) is 4.43. The lowest BCUT2D eigenvalue weighted by Crippen LogP contribution is -2.04. The predicted molar refractivity (Wildman–Crippen MR) is 114 cm³/mol. The molecule has 0 radical (unpaired) electrons. The lowest BCUT2D eigenvalue weighted by atomic mass is 10.2. The Morgan fingerprint density at radius 1 is 0.867 bits per heavy atom. The van der Waals surface area contributed by atoms with Crippen molar-refractivity contribution in [2.75, 3.05) is 12.4 Å². The molecule has 2 heterocycles. The van der Waals surface area contributed by atoms with Crippen LogP contribution in [0.2, 0.25) is 0 Å². The van der Waals surface area contributed by atoms with E-state index in [1.165, 1.54) is 7.11 Å². The topological polar surface area (TPSA) is 87.0 Å². The number of para-hydroxylation sites is 1. The number of ether oxygens (including phenoxy) is 2. The normalized spacial score (nSPS) is 10.7. The van der Waals surface area contributed by atoms with Crippen LogP contribution in [0.15, 0.2) is 54.6 Å². The van der Waals surface area contributed by atoms with E-state index in [2.05, 4.69) is 25.4 Å². The van der Waals surface area contributed by atoms with Gasteiger partial charge in [-0.25, -0.2) is 0 Å². The lowest BCUT2D eigenvalue weighted by Gasteiger charge is -2.10. The summed E-state index contributed by atoms with van der Waals surface area (Å²) >= 11 is 0. The fraction of sp³-hybridized carbons (Fsp3) is 0.182. The molecule has 0 atom stereocenters. The van der Waals surface area contributed by atoms with E-state index in [-0.39, 0.29) is 6.01 Å². The molecule has 4 rings (SSSR count). The molecule has 2 aromatic carbocycles. The quantitative estimate of drug-likeness (QED) is 0.510. The monoisotopic (exact) mass is 402 g/mol. The van der Waals surface area contributed by atoms with Crippen LogP contribution in [0, 0.1) is 13.8 Å². The number of anilines is 2. The van der Waals surface area contributed by atoms with E-state index in [1.54, 1.807) is 4.68 Å². The molecule has 0 spiro atoms. The molecule has 1 N–H and O–H groups in total. The highest BCUT2D eigenvalue weighted by Gasteiger charge is 2.17. The molecule has 0 aliphatic carbocycles. The minimum Gasteiger partial charge on any atom is -0.467 e. The first-order chi connectivity index (χ1) is 14.5. The molecule has 2 aromatic heterocycles. The summed E-state index contributed by atoms with van der Waals surface area (Å²) < 4.78 is 12.9. The summed E-state index contributed by atoms with van der Waals surface area (Å²) in [7, 11) is 3.42. The van der Waals surface area contributed by atoms with Gasteiger partial charge in [0.2, 0.25) is 5.95 Å². The van der Waals surface area contributed by atoms with E-state index >= 15 is 0 Å². The van der Waals surface area contributed by atoms with Crippen molar-refractivity contribution in [2.24, 2.45) is 7.05 Å². The second-order valence-corrected chi connectivity index (χ2v) is 6.70. The van der Waals surface area contributed by atoms with Crippen molar-refractivity contribution < 1.29 is 9.47 Å². The van der Waals surface area contributed by atoms with E-state index in [4.69, 9.17) is 9.47 Å². The zero-order valence-electron chi connectivity index (χ0n) is 17.2. The van der Waals surface area contributed by atoms with Gasteiger partial charge in [-0.15, -0.1) is 0 Å². The third kappa shape index (κ3) is 4.07. The Labute approximate surface area is 174 Å². The Bertz CT molecular complexity index is 1160. The van der Waals surface area contributed by atoms with Crippen molar-refractivity contribution in [3.8, 4) is 28.9 Å². The number of aryl methyl sites for hydroxylation is 2. The van der Waals surface area contributed by atoms with Crippen LogP contribution in [0.3, 0.4) is 0 Å². The highest BCUT2D eigenvalue weighted by Crippen LogP contribution is 2.27. The number of hydrogen-bond acceptors (Lipinski definition) is 7. The van der Waals surface area contributed by atoms with Crippen molar-refractivity contribution in [3.05, 3.63) is 66.0 Å². The van der Waals surface area contributed by atoms with Gasteiger partial charge in [0.05, 0.1) is 18.4 Å². The Morgan fingerprint density at radius 3 is 2.20 bits per heavy atom. The minimum atomic E-state index is 0.231. The molecular weight excluding hydrogens is 380 g/mol. The van der Waals surface area contributed by atoms with E-state index in [0.29, 0.717) is 11.8 Å². The molecule has 30 heavy (non-hydrogen) atoms. The first-order valence-corrected chi connectivity index (χ1v) is 9.44. The molecule has 0 aliphatic rings. The van der Waals surface area contributed by atoms with Crippen LogP contribution in [0.4, 0.5) is 11.6 Å². The van der Waals surface area contributed by atoms with Crippen LogP contribution >= 0.6 is 0 Å². The highest BCUT2D eigenvalue weighted by molar-refractivity contribution is 5.64. The van der Waals surface area contributed by atoms with Gasteiger partial charge >= 0.3 is 6.01 Å². The average Bonchev–Trinajstić information content (AvgIpc) is 3.01. The third-order valence-electron chi connectivity index (χ3n) is 4.62. The van der Waals surface area contributed by atoms with Gasteiger partial charge in [0.1, 0.15) is 11.5 Å². The van der Waals surface area contributed by atoms with Crippen LogP contribution in [-0.2, 0) is 7.05 Å². The number of nitrogens with zero attached hydrogens (tertiary/aromatic N) is 5. The van der Waals surface area contributed by atoms with Crippen molar-refractivity contribution in [2.45, 2.75) is 13.8 Å². The second kappa shape index (κ2) is 8.20. The first kappa shape index (κ1) is 19.4. The number of rotatable bonds is 6. The molecule has 0 amide bonds. The SMILES string of the molecule is COc1nc(Nc2ccc(Oc3ccccc3)cc2)nc(-c2c(C)nn(C)c2C)n1. The number of nitrogens with one attached hydrogen (secondary N) is 1. The van der Waals surface area contributed by atoms with Crippen LogP contribution in [0.5, 0.6) is 17.5 Å². The molecular formula is C22H22N6O2. The fourth-order valence-electron chi connectivity index (χ4n) is 3.07. The largest absolute Gasteiger partial charge is 0.467 e. The van der Waals surface area contributed by atoms with Crippen LogP contribution in [0.25, 0.3) is 11.4 Å². The first-order valence-electron chi connectivity index (χ1n) is 9.44. The number of aromatic nitrogens is 5. The fourth-order valence-corrected chi connectivity index (χ4v) is 3.07. The number of hydrogen-bond donors (Lipinski definition) is 1. The van der Waals surface area contributed by atoms with Crippen LogP contribution in [0.1, 0.15) is 11.4 Å². The molecule has 0 bridgehead atoms. The van der Waals surface area contributed by atoms with E-state index < -0.39 is 0 Å². The summed E-state index contributed by atoms with van der Waals surface area (Å²) in [6, 6.07) is 17.4. The third-order valence-corrected chi connectivity index (χ3v) is 4.62. The highest BCUT2D eigenvalue weighted by atomic mass is 16.5. The van der Waals surface area contributed by atoms with Crippen molar-refractivity contribution in [1.82, 2.24) is 24.7 Å². The standard InChI is InChI=1S/C22H22N6O2/c1-14-19(15(2)28(3)27-14)20-24-21(26-22(25-20)29-4)23-16-10-12-18(13-11-16)30-17-8-6-5-7-9-17/h5-13H,1-4H3,(H,23,24,25,26). The van der Waals surface area contributed by atoms with E-state index in [9.17, 15) is 0 Å². The molecule has 0 saturated carbocycles. The Hall–Kier alpha value is -3.94. The summed E-state index contributed by atoms with van der Waals surface area (Å²) in [5.74, 6) is 2.42. The van der Waals surface area contributed by atoms with Gasteiger partial charge in [0.15, 0.2) is 5.82 Å². The summed E-state index contributed by atoms with van der Waals surface area (Å²) in [6.45, 7) is 3.90. The summed E-state index contributed by atoms with van der Waals surface area (Å²) in [6.07, 6.45) is 0. The smallest absolute Gasteiger partial charge is 0.321 e. The van der Waals surface area contributed by atoms with Crippen molar-refractivity contribution in [1.29, 1.82) is 0 Å². The molecule has 152 valence electrons. The summed E-state index contributed by atoms with van der Waals surface area (Å²) in [5, 5.41) is 7.64. The van der Waals surface area contributed by atoms with Gasteiger partial charge in [-0.1, -0.05) is 18.2 Å². The maximum atomic E-state index is 5.83. The number of methoxy groups -OCH3 is 1. The molecule has 0 saturated heterocycles.